The Bertz CT molecular complexity index is 4160. The minimum atomic E-state index is -0.138. The van der Waals surface area contributed by atoms with Crippen LogP contribution in [0, 0.1) is 6.92 Å². The van der Waals surface area contributed by atoms with Crippen LogP contribution < -0.4 is 0 Å². The molecule has 416 valence electrons. The number of hydrogen-bond donors (Lipinski definition) is 0. The molecule has 0 aliphatic heterocycles. The number of aryl methyl sites for hydroxylation is 1. The van der Waals surface area contributed by atoms with Crippen molar-refractivity contribution < 1.29 is 0 Å². The van der Waals surface area contributed by atoms with E-state index in [2.05, 4.69) is 330 Å². The predicted octanol–water partition coefficient (Wildman–Crippen LogP) is 22.4. The molecule has 3 nitrogen and oxygen atoms in total. The Kier molecular flexibility index (Phi) is 15.1. The van der Waals surface area contributed by atoms with Crippen molar-refractivity contribution in [3.8, 4) is 123 Å². The summed E-state index contributed by atoms with van der Waals surface area (Å²) < 4.78 is 0. The maximum atomic E-state index is 5.30. The van der Waals surface area contributed by atoms with Crippen LogP contribution >= 0.6 is 0 Å². The molecule has 0 saturated heterocycles. The quantitative estimate of drug-likeness (QED) is 0.130. The molecule has 0 atom stereocenters. The first-order valence-electron chi connectivity index (χ1n) is 29.8. The summed E-state index contributed by atoms with van der Waals surface area (Å²) >= 11 is 0. The first-order chi connectivity index (χ1) is 40.9. The molecular weight excluding hydrogens is 1030 g/mol. The summed E-state index contributed by atoms with van der Waals surface area (Å²) in [5.74, 6) is 0. The molecule has 0 saturated carbocycles. The topological polar surface area (TPSA) is 38.7 Å². The molecule has 3 heterocycles. The SMILES string of the molecule is Cc1cc(-c2ccccc2)ncc1-c1cc(C(C)(C)C)ccc1-c1cc(-c2ccc(C(C)(C)C)cc2-c2cnc(-c3ccccc3)cc2-c2ccccc2)cc(-c2ccc(C(C)(C)C)cc2-c2cnc(-c3ccccc3)cc2-c2ccccc2)c1. The van der Waals surface area contributed by atoms with Crippen molar-refractivity contribution in [2.24, 2.45) is 0 Å². The maximum absolute atomic E-state index is 5.30. The van der Waals surface area contributed by atoms with Crippen LogP contribution in [0.2, 0.25) is 0 Å². The van der Waals surface area contributed by atoms with Crippen LogP contribution in [0.15, 0.2) is 261 Å². The van der Waals surface area contributed by atoms with Crippen LogP contribution in [0.4, 0.5) is 0 Å². The molecular formula is C82H73N3. The van der Waals surface area contributed by atoms with Crippen LogP contribution in [0.1, 0.15) is 84.6 Å². The van der Waals surface area contributed by atoms with Gasteiger partial charge in [0.2, 0.25) is 0 Å². The number of rotatable bonds is 11. The van der Waals surface area contributed by atoms with Crippen LogP contribution in [0.3, 0.4) is 0 Å². The van der Waals surface area contributed by atoms with Gasteiger partial charge in [0.25, 0.3) is 0 Å². The highest BCUT2D eigenvalue weighted by Crippen LogP contribution is 2.48. The van der Waals surface area contributed by atoms with Gasteiger partial charge < -0.3 is 0 Å². The van der Waals surface area contributed by atoms with E-state index in [1.807, 2.05) is 0 Å². The average molecular weight is 1100 g/mol. The summed E-state index contributed by atoms with van der Waals surface area (Å²) in [6.45, 7) is 23.0. The van der Waals surface area contributed by atoms with E-state index in [4.69, 9.17) is 15.0 Å². The lowest BCUT2D eigenvalue weighted by atomic mass is 9.79. The monoisotopic (exact) mass is 1100 g/mol. The van der Waals surface area contributed by atoms with Crippen LogP contribution in [-0.2, 0) is 16.2 Å². The van der Waals surface area contributed by atoms with Gasteiger partial charge in [-0.2, -0.15) is 0 Å². The lowest BCUT2D eigenvalue weighted by Crippen LogP contribution is -2.11. The molecule has 0 radical (unpaired) electrons. The van der Waals surface area contributed by atoms with Crippen molar-refractivity contribution in [1.29, 1.82) is 0 Å². The van der Waals surface area contributed by atoms with Crippen molar-refractivity contribution in [3.05, 3.63) is 283 Å². The second-order valence-electron chi connectivity index (χ2n) is 25.8. The summed E-state index contributed by atoms with van der Waals surface area (Å²) in [6, 6.07) is 88.6. The minimum Gasteiger partial charge on any atom is -0.256 e. The largest absolute Gasteiger partial charge is 0.256 e. The molecule has 12 aromatic rings. The van der Waals surface area contributed by atoms with E-state index in [0.717, 1.165) is 128 Å². The fourth-order valence-electron chi connectivity index (χ4n) is 11.7. The molecule has 0 fully saturated rings. The molecule has 0 unspecified atom stereocenters. The molecule has 9 aromatic carbocycles. The first-order valence-corrected chi connectivity index (χ1v) is 29.8. The van der Waals surface area contributed by atoms with Gasteiger partial charge in [-0.15, -0.1) is 0 Å². The second-order valence-corrected chi connectivity index (χ2v) is 25.8. The van der Waals surface area contributed by atoms with Crippen LogP contribution in [-0.4, -0.2) is 15.0 Å². The zero-order valence-electron chi connectivity index (χ0n) is 50.7. The lowest BCUT2D eigenvalue weighted by Gasteiger charge is -2.25. The predicted molar refractivity (Wildman–Crippen MR) is 360 cm³/mol. The van der Waals surface area contributed by atoms with Gasteiger partial charge in [-0.25, -0.2) is 0 Å². The molecule has 0 N–H and O–H groups in total. The fourth-order valence-corrected chi connectivity index (χ4v) is 11.7. The van der Waals surface area contributed by atoms with Crippen molar-refractivity contribution in [3.63, 3.8) is 0 Å². The second kappa shape index (κ2) is 22.9. The standard InChI is InChI=1S/C82H73N3/c1-54-42-77(57-30-20-13-21-31-57)83-51-74(54)71-46-63(80(2,3)4)36-39-66(71)60-43-61(67-40-37-64(81(5,6)7)47-72(67)75-52-84-78(58-32-22-14-23-33-58)49-69(75)55-26-16-11-17-27-55)45-62(44-60)68-41-38-65(82(8,9)10)48-73(68)76-53-85-79(59-34-24-15-25-35-59)50-70(76)56-28-18-12-19-29-56/h11-53H,1-10H3. The minimum absolute atomic E-state index is 0.111. The molecule has 12 rings (SSSR count). The highest BCUT2D eigenvalue weighted by atomic mass is 14.7. The van der Waals surface area contributed by atoms with Gasteiger partial charge in [0.1, 0.15) is 0 Å². The summed E-state index contributed by atoms with van der Waals surface area (Å²) in [4.78, 5) is 15.8. The Balaban J connectivity index is 1.17. The van der Waals surface area contributed by atoms with E-state index in [1.165, 1.54) is 16.7 Å². The van der Waals surface area contributed by atoms with Gasteiger partial charge in [0.05, 0.1) is 17.1 Å². The molecule has 0 aliphatic rings. The van der Waals surface area contributed by atoms with E-state index >= 15 is 0 Å². The van der Waals surface area contributed by atoms with Gasteiger partial charge in [0, 0.05) is 52.0 Å². The van der Waals surface area contributed by atoms with E-state index < -0.39 is 0 Å². The fraction of sp³-hybridized carbons (Fsp3) is 0.159. The van der Waals surface area contributed by atoms with Crippen LogP contribution in [0.5, 0.6) is 0 Å². The number of aromatic nitrogens is 3. The van der Waals surface area contributed by atoms with E-state index in [1.54, 1.807) is 0 Å². The van der Waals surface area contributed by atoms with Crippen molar-refractivity contribution in [2.75, 3.05) is 0 Å². The number of nitrogens with zero attached hydrogens (tertiary/aromatic N) is 3. The zero-order valence-corrected chi connectivity index (χ0v) is 50.7. The third-order valence-corrected chi connectivity index (χ3v) is 16.7. The summed E-state index contributed by atoms with van der Waals surface area (Å²) in [7, 11) is 0. The molecule has 0 aliphatic carbocycles. The Hall–Kier alpha value is -9.57. The lowest BCUT2D eigenvalue weighted by molar-refractivity contribution is 0.590. The summed E-state index contributed by atoms with van der Waals surface area (Å²) in [5.41, 5.74) is 28.4. The number of hydrogen-bond acceptors (Lipinski definition) is 3. The van der Waals surface area contributed by atoms with Gasteiger partial charge in [-0.05, 0) is 172 Å². The molecule has 85 heavy (non-hydrogen) atoms. The van der Waals surface area contributed by atoms with Gasteiger partial charge >= 0.3 is 0 Å². The molecule has 0 spiro atoms. The van der Waals surface area contributed by atoms with Crippen LogP contribution in [0.25, 0.3) is 123 Å². The Labute approximate surface area is 503 Å². The molecule has 0 bridgehead atoms. The van der Waals surface area contributed by atoms with Crippen molar-refractivity contribution in [1.82, 2.24) is 15.0 Å². The summed E-state index contributed by atoms with van der Waals surface area (Å²) in [5, 5.41) is 0. The molecule has 3 aromatic heterocycles. The van der Waals surface area contributed by atoms with Gasteiger partial charge in [-0.1, -0.05) is 250 Å². The van der Waals surface area contributed by atoms with Crippen molar-refractivity contribution >= 4 is 0 Å². The van der Waals surface area contributed by atoms with Gasteiger partial charge in [-0.3, -0.25) is 15.0 Å². The van der Waals surface area contributed by atoms with E-state index in [-0.39, 0.29) is 16.2 Å². The Morgan fingerprint density at radius 3 is 0.776 bits per heavy atom. The Morgan fingerprint density at radius 2 is 0.482 bits per heavy atom. The van der Waals surface area contributed by atoms with Crippen molar-refractivity contribution in [2.45, 2.75) is 85.5 Å². The smallest absolute Gasteiger partial charge is 0.0708 e. The zero-order chi connectivity index (χ0) is 59.0. The highest BCUT2D eigenvalue weighted by Gasteiger charge is 2.26. The highest BCUT2D eigenvalue weighted by molar-refractivity contribution is 5.99. The number of benzene rings is 9. The van der Waals surface area contributed by atoms with E-state index in [0.29, 0.717) is 0 Å². The third kappa shape index (κ3) is 11.7. The Morgan fingerprint density at radius 1 is 0.212 bits per heavy atom. The normalized spacial score (nSPS) is 11.9. The number of pyridine rings is 3. The molecule has 3 heteroatoms. The van der Waals surface area contributed by atoms with Gasteiger partial charge in [0.15, 0.2) is 0 Å². The van der Waals surface area contributed by atoms with E-state index in [9.17, 15) is 0 Å². The third-order valence-electron chi connectivity index (χ3n) is 16.7. The maximum Gasteiger partial charge on any atom is 0.0708 e. The molecule has 0 amide bonds. The first kappa shape index (κ1) is 55.9. The summed E-state index contributed by atoms with van der Waals surface area (Å²) in [6.07, 6.45) is 6.31. The average Bonchev–Trinajstić information content (AvgIpc) is 1.73.